The van der Waals surface area contributed by atoms with Gasteiger partial charge in [-0.2, -0.15) is 5.26 Å². The second-order valence-electron chi connectivity index (χ2n) is 4.87. The van der Waals surface area contributed by atoms with Gasteiger partial charge in [0.25, 0.3) is 0 Å². The predicted octanol–water partition coefficient (Wildman–Crippen LogP) is 1.49. The Hall–Kier alpha value is -2.19. The molecular weight excluding hydrogens is 244 g/mol. The molecule has 0 spiro atoms. The van der Waals surface area contributed by atoms with E-state index >= 15 is 0 Å². The van der Waals surface area contributed by atoms with Crippen LogP contribution in [0.1, 0.15) is 20.3 Å². The van der Waals surface area contributed by atoms with E-state index in [-0.39, 0.29) is 6.42 Å². The highest BCUT2D eigenvalue weighted by Crippen LogP contribution is 2.14. The number of amides is 1. The SMILES string of the molecule is CC(C)(O)CC(=O)C(C#N)C(=O)Nc1ccccc1. The summed E-state index contributed by atoms with van der Waals surface area (Å²) in [6.07, 6.45) is -0.243. The zero-order valence-corrected chi connectivity index (χ0v) is 10.9. The van der Waals surface area contributed by atoms with Crippen molar-refractivity contribution in [2.75, 3.05) is 5.32 Å². The number of benzene rings is 1. The maximum absolute atomic E-state index is 11.8. The number of ketones is 1. The molecule has 1 aromatic rings. The van der Waals surface area contributed by atoms with E-state index in [0.29, 0.717) is 5.69 Å². The second-order valence-corrected chi connectivity index (χ2v) is 4.87. The monoisotopic (exact) mass is 260 g/mol. The molecule has 1 rings (SSSR count). The van der Waals surface area contributed by atoms with Crippen LogP contribution in [-0.2, 0) is 9.59 Å². The van der Waals surface area contributed by atoms with E-state index in [1.54, 1.807) is 36.4 Å². The fraction of sp³-hybridized carbons (Fsp3) is 0.357. The molecular formula is C14H16N2O3. The van der Waals surface area contributed by atoms with Crippen LogP contribution in [0.4, 0.5) is 5.69 Å². The van der Waals surface area contributed by atoms with Crippen LogP contribution in [0.3, 0.4) is 0 Å². The lowest BCUT2D eigenvalue weighted by Gasteiger charge is -2.17. The summed E-state index contributed by atoms with van der Waals surface area (Å²) in [5.41, 5.74) is -0.719. The van der Waals surface area contributed by atoms with Gasteiger partial charge >= 0.3 is 0 Å². The van der Waals surface area contributed by atoms with Crippen molar-refractivity contribution in [2.45, 2.75) is 25.9 Å². The number of carbonyl (C=O) groups excluding carboxylic acids is 2. The van der Waals surface area contributed by atoms with Crippen molar-refractivity contribution < 1.29 is 14.7 Å². The number of anilines is 1. The largest absolute Gasteiger partial charge is 0.390 e. The Bertz CT molecular complexity index is 498. The van der Waals surface area contributed by atoms with Crippen LogP contribution in [0.5, 0.6) is 0 Å². The summed E-state index contributed by atoms with van der Waals surface area (Å²) in [6.45, 7) is 2.91. The highest BCUT2D eigenvalue weighted by molar-refractivity contribution is 6.09. The zero-order valence-electron chi connectivity index (χ0n) is 10.9. The fourth-order valence-corrected chi connectivity index (χ4v) is 1.54. The highest BCUT2D eigenvalue weighted by atomic mass is 16.3. The Kier molecular flexibility index (Phi) is 4.79. The number of hydrogen-bond donors (Lipinski definition) is 2. The third-order valence-electron chi connectivity index (χ3n) is 2.36. The molecule has 100 valence electrons. The Morgan fingerprint density at radius 3 is 2.42 bits per heavy atom. The lowest BCUT2D eigenvalue weighted by molar-refractivity contribution is -0.131. The first-order valence-electron chi connectivity index (χ1n) is 5.84. The number of carbonyl (C=O) groups is 2. The van der Waals surface area contributed by atoms with Crippen molar-refractivity contribution in [1.29, 1.82) is 5.26 Å². The summed E-state index contributed by atoms with van der Waals surface area (Å²) in [5.74, 6) is -2.68. The first-order valence-corrected chi connectivity index (χ1v) is 5.84. The molecule has 1 unspecified atom stereocenters. The summed E-state index contributed by atoms with van der Waals surface area (Å²) < 4.78 is 0. The summed E-state index contributed by atoms with van der Waals surface area (Å²) in [6, 6.07) is 10.2. The number of aliphatic hydroxyl groups is 1. The van der Waals surface area contributed by atoms with E-state index in [2.05, 4.69) is 5.32 Å². The normalized spacial score (nSPS) is 12.3. The predicted molar refractivity (Wildman–Crippen MR) is 70.1 cm³/mol. The Morgan fingerprint density at radius 2 is 1.95 bits per heavy atom. The topological polar surface area (TPSA) is 90.2 Å². The van der Waals surface area contributed by atoms with Gasteiger partial charge in [-0.25, -0.2) is 0 Å². The highest BCUT2D eigenvalue weighted by Gasteiger charge is 2.30. The molecule has 0 aliphatic heterocycles. The van der Waals surface area contributed by atoms with E-state index in [1.165, 1.54) is 13.8 Å². The lowest BCUT2D eigenvalue weighted by atomic mass is 9.94. The van der Waals surface area contributed by atoms with Gasteiger partial charge in [-0.1, -0.05) is 18.2 Å². The van der Waals surface area contributed by atoms with Crippen molar-refractivity contribution in [3.8, 4) is 6.07 Å². The first-order chi connectivity index (χ1) is 8.83. The average molecular weight is 260 g/mol. The second kappa shape index (κ2) is 6.12. The van der Waals surface area contributed by atoms with Crippen LogP contribution in [0.25, 0.3) is 0 Å². The van der Waals surface area contributed by atoms with E-state index < -0.39 is 23.2 Å². The number of nitrogens with one attached hydrogen (secondary N) is 1. The molecule has 0 heterocycles. The molecule has 19 heavy (non-hydrogen) atoms. The number of nitrogens with zero attached hydrogens (tertiary/aromatic N) is 1. The third kappa shape index (κ3) is 4.90. The molecule has 0 saturated carbocycles. The summed E-state index contributed by atoms with van der Waals surface area (Å²) >= 11 is 0. The van der Waals surface area contributed by atoms with Crippen LogP contribution in [-0.4, -0.2) is 22.4 Å². The lowest BCUT2D eigenvalue weighted by Crippen LogP contribution is -2.33. The van der Waals surface area contributed by atoms with Crippen LogP contribution in [0.2, 0.25) is 0 Å². The van der Waals surface area contributed by atoms with Crippen molar-refractivity contribution in [2.24, 2.45) is 5.92 Å². The molecule has 1 atom stereocenters. The summed E-state index contributed by atoms with van der Waals surface area (Å²) in [5, 5.41) is 21.0. The third-order valence-corrected chi connectivity index (χ3v) is 2.36. The van der Waals surface area contributed by atoms with Crippen molar-refractivity contribution in [1.82, 2.24) is 0 Å². The van der Waals surface area contributed by atoms with Gasteiger partial charge in [0.1, 0.15) is 0 Å². The standard InChI is InChI=1S/C14H16N2O3/c1-14(2,19)8-12(17)11(9-15)13(18)16-10-6-4-3-5-7-10/h3-7,11,19H,8H2,1-2H3,(H,16,18). The maximum Gasteiger partial charge on any atom is 0.249 e. The molecule has 5 heteroatoms. The smallest absolute Gasteiger partial charge is 0.249 e. The molecule has 2 N–H and O–H groups in total. The first kappa shape index (κ1) is 14.9. The van der Waals surface area contributed by atoms with Gasteiger partial charge in [-0.3, -0.25) is 9.59 Å². The van der Waals surface area contributed by atoms with Crippen molar-refractivity contribution >= 4 is 17.4 Å². The number of rotatable bonds is 5. The molecule has 0 bridgehead atoms. The fourth-order valence-electron chi connectivity index (χ4n) is 1.54. The molecule has 0 saturated heterocycles. The van der Waals surface area contributed by atoms with Crippen LogP contribution >= 0.6 is 0 Å². The summed E-state index contributed by atoms with van der Waals surface area (Å²) in [7, 11) is 0. The minimum atomic E-state index is -1.41. The number of para-hydroxylation sites is 1. The summed E-state index contributed by atoms with van der Waals surface area (Å²) in [4.78, 5) is 23.6. The van der Waals surface area contributed by atoms with Crippen LogP contribution in [0, 0.1) is 17.2 Å². The molecule has 0 aromatic heterocycles. The van der Waals surface area contributed by atoms with Gasteiger partial charge in [0.15, 0.2) is 11.7 Å². The van der Waals surface area contributed by atoms with Gasteiger partial charge in [-0.15, -0.1) is 0 Å². The van der Waals surface area contributed by atoms with E-state index in [4.69, 9.17) is 5.26 Å². The number of nitriles is 1. The molecule has 0 fully saturated rings. The molecule has 5 nitrogen and oxygen atoms in total. The van der Waals surface area contributed by atoms with Crippen molar-refractivity contribution in [3.63, 3.8) is 0 Å². The molecule has 0 aliphatic rings. The minimum Gasteiger partial charge on any atom is -0.390 e. The zero-order chi connectivity index (χ0) is 14.5. The Morgan fingerprint density at radius 1 is 1.37 bits per heavy atom. The van der Waals surface area contributed by atoms with Gasteiger partial charge in [0.05, 0.1) is 11.7 Å². The number of Topliss-reactive ketones (excluding diaryl/α,β-unsaturated/α-hetero) is 1. The quantitative estimate of drug-likeness (QED) is 0.785. The number of hydrogen-bond acceptors (Lipinski definition) is 4. The van der Waals surface area contributed by atoms with Crippen LogP contribution < -0.4 is 5.32 Å². The minimum absolute atomic E-state index is 0.243. The van der Waals surface area contributed by atoms with E-state index in [1.807, 2.05) is 0 Å². The average Bonchev–Trinajstić information content (AvgIpc) is 2.28. The molecule has 0 aliphatic carbocycles. The van der Waals surface area contributed by atoms with Gasteiger partial charge in [-0.05, 0) is 26.0 Å². The van der Waals surface area contributed by atoms with Crippen LogP contribution in [0.15, 0.2) is 30.3 Å². The maximum atomic E-state index is 11.8. The molecule has 0 radical (unpaired) electrons. The molecule has 1 amide bonds. The Labute approximate surface area is 111 Å². The van der Waals surface area contributed by atoms with Gasteiger partial charge in [0, 0.05) is 12.1 Å². The van der Waals surface area contributed by atoms with Gasteiger partial charge in [0.2, 0.25) is 5.91 Å². The van der Waals surface area contributed by atoms with Gasteiger partial charge < -0.3 is 10.4 Å². The Balaban J connectivity index is 2.73. The van der Waals surface area contributed by atoms with E-state index in [9.17, 15) is 14.7 Å². The molecule has 1 aromatic carbocycles. The van der Waals surface area contributed by atoms with E-state index in [0.717, 1.165) is 0 Å². The van der Waals surface area contributed by atoms with Crippen molar-refractivity contribution in [3.05, 3.63) is 30.3 Å².